The van der Waals surface area contributed by atoms with E-state index < -0.39 is 11.0 Å². The van der Waals surface area contributed by atoms with Gasteiger partial charge < -0.3 is 14.9 Å². The van der Waals surface area contributed by atoms with E-state index in [1.807, 2.05) is 0 Å². The first-order valence-corrected chi connectivity index (χ1v) is 7.96. The average molecular weight is 319 g/mol. The second kappa shape index (κ2) is 6.06. The maximum Gasteiger partial charge on any atom is 0.407 e. The van der Waals surface area contributed by atoms with E-state index in [4.69, 9.17) is 0 Å². The molecule has 2 heterocycles. The van der Waals surface area contributed by atoms with Gasteiger partial charge in [-0.2, -0.15) is 0 Å². The molecule has 2 fully saturated rings. The summed E-state index contributed by atoms with van der Waals surface area (Å²) in [5.41, 5.74) is 1.21. The first-order valence-electron chi connectivity index (χ1n) is 7.96. The first kappa shape index (κ1) is 15.6. The molecule has 0 aliphatic carbocycles. The van der Waals surface area contributed by atoms with Crippen molar-refractivity contribution in [2.24, 2.45) is 5.41 Å². The molecule has 0 saturated carbocycles. The fourth-order valence-electron chi connectivity index (χ4n) is 3.80. The van der Waals surface area contributed by atoms with Gasteiger partial charge in [-0.1, -0.05) is 0 Å². The number of hydrogen-bond acceptors (Lipinski definition) is 4. The van der Waals surface area contributed by atoms with Crippen molar-refractivity contribution in [3.63, 3.8) is 0 Å². The van der Waals surface area contributed by atoms with Gasteiger partial charge in [0.2, 0.25) is 0 Å². The number of carbonyl (C=O) groups is 1. The summed E-state index contributed by atoms with van der Waals surface area (Å²) >= 11 is 0. The van der Waals surface area contributed by atoms with Crippen LogP contribution in [0.1, 0.15) is 25.7 Å². The molecule has 1 aromatic rings. The molecule has 7 nitrogen and oxygen atoms in total. The van der Waals surface area contributed by atoms with Gasteiger partial charge in [0.25, 0.3) is 5.69 Å². The number of likely N-dealkylation sites (tertiary alicyclic amines) is 1. The van der Waals surface area contributed by atoms with Gasteiger partial charge in [0, 0.05) is 44.0 Å². The molecule has 0 aromatic heterocycles. The summed E-state index contributed by atoms with van der Waals surface area (Å²) < 4.78 is 0. The van der Waals surface area contributed by atoms with Crippen LogP contribution in [-0.2, 0) is 0 Å². The number of rotatable bonds is 2. The summed E-state index contributed by atoms with van der Waals surface area (Å²) in [6.45, 7) is 3.01. The second-order valence-electron chi connectivity index (χ2n) is 6.57. The van der Waals surface area contributed by atoms with Gasteiger partial charge >= 0.3 is 6.09 Å². The minimum absolute atomic E-state index is 0.103. The third-order valence-electron chi connectivity index (χ3n) is 5.18. The van der Waals surface area contributed by atoms with Crippen molar-refractivity contribution >= 4 is 17.5 Å². The Hall–Kier alpha value is -2.31. The Morgan fingerprint density at radius 1 is 1.13 bits per heavy atom. The van der Waals surface area contributed by atoms with Crippen LogP contribution >= 0.6 is 0 Å². The summed E-state index contributed by atoms with van der Waals surface area (Å²) in [6, 6.07) is 6.65. The van der Waals surface area contributed by atoms with Crippen molar-refractivity contribution in [1.82, 2.24) is 4.90 Å². The number of hydrogen-bond donors (Lipinski definition) is 1. The zero-order valence-corrected chi connectivity index (χ0v) is 13.0. The highest BCUT2D eigenvalue weighted by molar-refractivity contribution is 5.65. The summed E-state index contributed by atoms with van der Waals surface area (Å²) in [6.07, 6.45) is 3.14. The number of non-ortho nitro benzene ring substituents is 1. The maximum absolute atomic E-state index is 11.2. The van der Waals surface area contributed by atoms with E-state index in [2.05, 4.69) is 4.90 Å². The largest absolute Gasteiger partial charge is 0.465 e. The third kappa shape index (κ3) is 3.23. The normalized spacial score (nSPS) is 20.5. The van der Waals surface area contributed by atoms with Crippen LogP contribution in [-0.4, -0.2) is 47.2 Å². The van der Waals surface area contributed by atoms with Crippen molar-refractivity contribution in [3.8, 4) is 0 Å². The number of nitro benzene ring substituents is 1. The van der Waals surface area contributed by atoms with Gasteiger partial charge in [0.15, 0.2) is 0 Å². The Bertz CT molecular complexity index is 594. The standard InChI is InChI=1S/C16H21N3O4/c20-15(21)18-9-1-6-16(12-18)7-10-17(11-8-16)13-2-4-14(5-3-13)19(22)23/h2-5H,1,6-12H2,(H,20,21). The van der Waals surface area contributed by atoms with Gasteiger partial charge in [0.1, 0.15) is 0 Å². The molecule has 2 saturated heterocycles. The molecule has 124 valence electrons. The molecule has 0 atom stereocenters. The summed E-state index contributed by atoms with van der Waals surface area (Å²) in [5.74, 6) is 0. The van der Waals surface area contributed by atoms with Crippen molar-refractivity contribution in [2.45, 2.75) is 25.7 Å². The number of amides is 1. The molecule has 1 amide bonds. The number of carboxylic acid groups (broad SMARTS) is 1. The third-order valence-corrected chi connectivity index (χ3v) is 5.18. The van der Waals surface area contributed by atoms with Crippen LogP contribution in [0, 0.1) is 15.5 Å². The van der Waals surface area contributed by atoms with Crippen molar-refractivity contribution in [2.75, 3.05) is 31.1 Å². The van der Waals surface area contributed by atoms with Crippen LogP contribution < -0.4 is 4.90 Å². The number of piperidine rings is 2. The van der Waals surface area contributed by atoms with Gasteiger partial charge in [-0.05, 0) is 43.2 Å². The Morgan fingerprint density at radius 3 is 2.35 bits per heavy atom. The Kier molecular flexibility index (Phi) is 4.11. The molecule has 3 rings (SSSR count). The SMILES string of the molecule is O=C(O)N1CCCC2(CCN(c3ccc([N+](=O)[O-])cc3)CC2)C1. The fourth-order valence-corrected chi connectivity index (χ4v) is 3.80. The molecule has 1 spiro atoms. The molecule has 1 N–H and O–H groups in total. The number of nitrogens with zero attached hydrogens (tertiary/aromatic N) is 3. The van der Waals surface area contributed by atoms with E-state index in [1.165, 1.54) is 12.1 Å². The number of anilines is 1. The zero-order chi connectivity index (χ0) is 16.4. The summed E-state index contributed by atoms with van der Waals surface area (Å²) in [4.78, 5) is 25.3. The molecular weight excluding hydrogens is 298 g/mol. The van der Waals surface area contributed by atoms with Crippen molar-refractivity contribution < 1.29 is 14.8 Å². The first-order chi connectivity index (χ1) is 11.0. The highest BCUT2D eigenvalue weighted by Crippen LogP contribution is 2.40. The summed E-state index contributed by atoms with van der Waals surface area (Å²) in [7, 11) is 0. The monoisotopic (exact) mass is 319 g/mol. The maximum atomic E-state index is 11.2. The van der Waals surface area contributed by atoms with E-state index in [-0.39, 0.29) is 11.1 Å². The van der Waals surface area contributed by atoms with Crippen LogP contribution in [0.25, 0.3) is 0 Å². The second-order valence-corrected chi connectivity index (χ2v) is 6.57. The lowest BCUT2D eigenvalue weighted by Crippen LogP contribution is -2.50. The highest BCUT2D eigenvalue weighted by Gasteiger charge is 2.39. The van der Waals surface area contributed by atoms with Crippen LogP contribution in [0.4, 0.5) is 16.2 Å². The number of nitro groups is 1. The minimum atomic E-state index is -0.818. The number of benzene rings is 1. The lowest BCUT2D eigenvalue weighted by Gasteiger charge is -2.47. The topological polar surface area (TPSA) is 86.9 Å². The quantitative estimate of drug-likeness (QED) is 0.669. The van der Waals surface area contributed by atoms with Gasteiger partial charge in [-0.3, -0.25) is 10.1 Å². The van der Waals surface area contributed by atoms with E-state index in [0.29, 0.717) is 13.1 Å². The molecule has 2 aliphatic heterocycles. The predicted molar refractivity (Wildman–Crippen MR) is 85.8 cm³/mol. The lowest BCUT2D eigenvalue weighted by molar-refractivity contribution is -0.384. The van der Waals surface area contributed by atoms with Crippen LogP contribution in [0.5, 0.6) is 0 Å². The van der Waals surface area contributed by atoms with E-state index in [1.54, 1.807) is 17.0 Å². The Balaban J connectivity index is 1.63. The highest BCUT2D eigenvalue weighted by atomic mass is 16.6. The molecule has 23 heavy (non-hydrogen) atoms. The van der Waals surface area contributed by atoms with Crippen LogP contribution in [0.15, 0.2) is 24.3 Å². The van der Waals surface area contributed by atoms with Crippen molar-refractivity contribution in [1.29, 1.82) is 0 Å². The Morgan fingerprint density at radius 2 is 1.78 bits per heavy atom. The predicted octanol–water partition coefficient (Wildman–Crippen LogP) is 2.96. The average Bonchev–Trinajstić information content (AvgIpc) is 2.56. The molecule has 7 heteroatoms. The summed E-state index contributed by atoms with van der Waals surface area (Å²) in [5, 5.41) is 19.9. The minimum Gasteiger partial charge on any atom is -0.465 e. The van der Waals surface area contributed by atoms with E-state index in [9.17, 15) is 20.0 Å². The molecule has 1 aromatic carbocycles. The van der Waals surface area contributed by atoms with Crippen molar-refractivity contribution in [3.05, 3.63) is 34.4 Å². The van der Waals surface area contributed by atoms with Gasteiger partial charge in [0.05, 0.1) is 4.92 Å². The molecule has 0 radical (unpaired) electrons. The smallest absolute Gasteiger partial charge is 0.407 e. The van der Waals surface area contributed by atoms with Gasteiger partial charge in [-0.25, -0.2) is 4.79 Å². The van der Waals surface area contributed by atoms with E-state index in [0.717, 1.165) is 44.5 Å². The fraction of sp³-hybridized carbons (Fsp3) is 0.562. The van der Waals surface area contributed by atoms with Crippen LogP contribution in [0.2, 0.25) is 0 Å². The van der Waals surface area contributed by atoms with E-state index >= 15 is 0 Å². The molecule has 2 aliphatic rings. The molecule has 0 bridgehead atoms. The van der Waals surface area contributed by atoms with Crippen LogP contribution in [0.3, 0.4) is 0 Å². The Labute approximate surface area is 134 Å². The zero-order valence-electron chi connectivity index (χ0n) is 13.0. The van der Waals surface area contributed by atoms with Gasteiger partial charge in [-0.15, -0.1) is 0 Å². The lowest BCUT2D eigenvalue weighted by atomic mass is 9.72. The molecular formula is C16H21N3O4. The molecule has 0 unspecified atom stereocenters.